The van der Waals surface area contributed by atoms with Crippen LogP contribution in [0.15, 0.2) is 54.6 Å². The van der Waals surface area contributed by atoms with Gasteiger partial charge in [-0.2, -0.15) is 0 Å². The fourth-order valence-corrected chi connectivity index (χ4v) is 3.59. The van der Waals surface area contributed by atoms with E-state index in [1.54, 1.807) is 12.1 Å². The average molecular weight is 342 g/mol. The number of carbonyl (C=O) groups is 1. The Hall–Kier alpha value is -2.24. The Morgan fingerprint density at radius 3 is 2.52 bits per heavy atom. The molecular weight excluding hydrogens is 319 g/mol. The molecule has 25 heavy (non-hydrogen) atoms. The van der Waals surface area contributed by atoms with E-state index in [2.05, 4.69) is 17.0 Å². The summed E-state index contributed by atoms with van der Waals surface area (Å²) in [5.74, 6) is -1.04. The molecule has 1 N–H and O–H groups in total. The second-order valence-electron chi connectivity index (χ2n) is 6.58. The first-order chi connectivity index (χ1) is 12.0. The number of aliphatic carboxylic acids is 1. The predicted molar refractivity (Wildman–Crippen MR) is 94.9 cm³/mol. The molecule has 4 nitrogen and oxygen atoms in total. The third kappa shape index (κ3) is 4.24. The molecule has 1 heterocycles. The highest BCUT2D eigenvalue weighted by Gasteiger charge is 2.31. The van der Waals surface area contributed by atoms with Gasteiger partial charge in [0.15, 0.2) is 0 Å². The van der Waals surface area contributed by atoms with Crippen molar-refractivity contribution in [2.24, 2.45) is 0 Å². The first kappa shape index (κ1) is 17.6. The molecule has 2 atom stereocenters. The van der Waals surface area contributed by atoms with Crippen molar-refractivity contribution in [3.8, 4) is 0 Å². The van der Waals surface area contributed by atoms with Gasteiger partial charge in [0.05, 0.1) is 12.6 Å². The third-order valence-electron chi connectivity index (χ3n) is 4.78. The molecule has 1 fully saturated rings. The van der Waals surface area contributed by atoms with Crippen molar-refractivity contribution >= 4 is 5.97 Å². The van der Waals surface area contributed by atoms with Crippen LogP contribution in [0.1, 0.15) is 24.1 Å². The van der Waals surface area contributed by atoms with E-state index in [1.807, 2.05) is 36.1 Å². The van der Waals surface area contributed by atoms with Gasteiger partial charge in [0.25, 0.3) is 0 Å². The van der Waals surface area contributed by atoms with Gasteiger partial charge >= 0.3 is 5.97 Å². The Kier molecular flexibility index (Phi) is 5.46. The van der Waals surface area contributed by atoms with Crippen LogP contribution in [-0.4, -0.2) is 53.1 Å². The summed E-state index contributed by atoms with van der Waals surface area (Å²) in [4.78, 5) is 15.3. The minimum Gasteiger partial charge on any atom is -0.480 e. The summed E-state index contributed by atoms with van der Waals surface area (Å²) in [6.07, 6.45) is 0. The normalized spacial score (nSPS) is 20.3. The molecule has 5 heteroatoms. The summed E-state index contributed by atoms with van der Waals surface area (Å²) < 4.78 is 13.8. The lowest BCUT2D eigenvalue weighted by atomic mass is 9.95. The van der Waals surface area contributed by atoms with Crippen molar-refractivity contribution in [3.05, 3.63) is 71.5 Å². The maximum atomic E-state index is 13.8. The van der Waals surface area contributed by atoms with E-state index in [9.17, 15) is 9.18 Å². The summed E-state index contributed by atoms with van der Waals surface area (Å²) in [6, 6.07) is 16.9. The molecule has 1 aliphatic heterocycles. The molecule has 0 bridgehead atoms. The highest BCUT2D eigenvalue weighted by atomic mass is 19.1. The van der Waals surface area contributed by atoms with Gasteiger partial charge in [0.1, 0.15) is 5.82 Å². The minimum atomic E-state index is -0.801. The second kappa shape index (κ2) is 7.76. The van der Waals surface area contributed by atoms with Gasteiger partial charge in [0.2, 0.25) is 0 Å². The third-order valence-corrected chi connectivity index (χ3v) is 4.78. The van der Waals surface area contributed by atoms with E-state index >= 15 is 0 Å². The van der Waals surface area contributed by atoms with Crippen molar-refractivity contribution in [1.29, 1.82) is 0 Å². The van der Waals surface area contributed by atoms with E-state index in [0.29, 0.717) is 6.54 Å². The topological polar surface area (TPSA) is 43.8 Å². The standard InChI is InChI=1S/C20H23FN2O2/c1-15-13-23(11-10-22(15)14-19(24)25)20(16-6-3-2-4-7-16)17-8-5-9-18(21)12-17/h2-9,12,15,20H,10-11,13-14H2,1H3,(H,24,25)/t15-,20+/m0/s1. The first-order valence-electron chi connectivity index (χ1n) is 8.55. The fraction of sp³-hybridized carbons (Fsp3) is 0.350. The van der Waals surface area contributed by atoms with Gasteiger partial charge in [-0.25, -0.2) is 4.39 Å². The first-order valence-corrected chi connectivity index (χ1v) is 8.55. The molecule has 0 radical (unpaired) electrons. The van der Waals surface area contributed by atoms with Gasteiger partial charge in [0, 0.05) is 25.7 Å². The molecule has 2 aromatic rings. The zero-order valence-corrected chi connectivity index (χ0v) is 14.3. The van der Waals surface area contributed by atoms with Gasteiger partial charge in [-0.15, -0.1) is 0 Å². The Morgan fingerprint density at radius 2 is 1.88 bits per heavy atom. The molecule has 2 aromatic carbocycles. The molecule has 3 rings (SSSR count). The molecule has 0 aliphatic carbocycles. The van der Waals surface area contributed by atoms with E-state index in [0.717, 1.165) is 24.2 Å². The monoisotopic (exact) mass is 342 g/mol. The second-order valence-corrected chi connectivity index (χ2v) is 6.58. The van der Waals surface area contributed by atoms with Crippen molar-refractivity contribution < 1.29 is 14.3 Å². The van der Waals surface area contributed by atoms with Crippen molar-refractivity contribution in [2.75, 3.05) is 26.2 Å². The fourth-order valence-electron chi connectivity index (χ4n) is 3.59. The van der Waals surface area contributed by atoms with Gasteiger partial charge in [-0.05, 0) is 30.2 Å². The number of benzene rings is 2. The Labute approximate surface area is 147 Å². The number of rotatable bonds is 5. The summed E-state index contributed by atoms with van der Waals surface area (Å²) >= 11 is 0. The van der Waals surface area contributed by atoms with Crippen molar-refractivity contribution in [2.45, 2.75) is 19.0 Å². The Bertz CT molecular complexity index is 723. The number of hydrogen-bond acceptors (Lipinski definition) is 3. The molecule has 0 saturated carbocycles. The van der Waals surface area contributed by atoms with Crippen LogP contribution in [0.4, 0.5) is 4.39 Å². The average Bonchev–Trinajstić information content (AvgIpc) is 2.58. The van der Waals surface area contributed by atoms with Gasteiger partial charge < -0.3 is 5.11 Å². The van der Waals surface area contributed by atoms with Gasteiger partial charge in [-0.3, -0.25) is 14.6 Å². The number of carboxylic acids is 1. The summed E-state index contributed by atoms with van der Waals surface area (Å²) in [7, 11) is 0. The predicted octanol–water partition coefficient (Wildman–Crippen LogP) is 3.01. The summed E-state index contributed by atoms with van der Waals surface area (Å²) in [5.41, 5.74) is 2.04. The van der Waals surface area contributed by atoms with Gasteiger partial charge in [-0.1, -0.05) is 42.5 Å². The summed E-state index contributed by atoms with van der Waals surface area (Å²) in [5, 5.41) is 9.05. The van der Waals surface area contributed by atoms with Crippen LogP contribution in [0, 0.1) is 5.82 Å². The Balaban J connectivity index is 1.87. The number of piperazine rings is 1. The van der Waals surface area contributed by atoms with Crippen molar-refractivity contribution in [3.63, 3.8) is 0 Å². The molecule has 132 valence electrons. The van der Waals surface area contributed by atoms with Crippen LogP contribution in [0.2, 0.25) is 0 Å². The highest BCUT2D eigenvalue weighted by Crippen LogP contribution is 2.31. The maximum Gasteiger partial charge on any atom is 0.317 e. The lowest BCUT2D eigenvalue weighted by Crippen LogP contribution is -2.54. The molecule has 0 spiro atoms. The molecule has 1 aliphatic rings. The molecule has 0 unspecified atom stereocenters. The van der Waals surface area contributed by atoms with E-state index < -0.39 is 5.97 Å². The van der Waals surface area contributed by atoms with Crippen LogP contribution >= 0.6 is 0 Å². The summed E-state index contributed by atoms with van der Waals surface area (Å²) in [6.45, 7) is 4.27. The molecule has 0 aromatic heterocycles. The van der Waals surface area contributed by atoms with E-state index in [4.69, 9.17) is 5.11 Å². The largest absolute Gasteiger partial charge is 0.480 e. The smallest absolute Gasteiger partial charge is 0.317 e. The quantitative estimate of drug-likeness (QED) is 0.907. The van der Waals surface area contributed by atoms with Crippen LogP contribution in [-0.2, 0) is 4.79 Å². The van der Waals surface area contributed by atoms with E-state index in [1.165, 1.54) is 6.07 Å². The highest BCUT2D eigenvalue weighted by molar-refractivity contribution is 5.69. The zero-order chi connectivity index (χ0) is 17.8. The van der Waals surface area contributed by atoms with Crippen molar-refractivity contribution in [1.82, 2.24) is 9.80 Å². The number of carboxylic acid groups (broad SMARTS) is 1. The maximum absolute atomic E-state index is 13.8. The zero-order valence-electron chi connectivity index (χ0n) is 14.3. The number of nitrogens with zero attached hydrogens (tertiary/aromatic N) is 2. The Morgan fingerprint density at radius 1 is 1.16 bits per heavy atom. The SMILES string of the molecule is C[C@H]1CN([C@H](c2ccccc2)c2cccc(F)c2)CCN1CC(=O)O. The molecule has 1 saturated heterocycles. The van der Waals surface area contributed by atoms with E-state index in [-0.39, 0.29) is 24.4 Å². The lowest BCUT2D eigenvalue weighted by molar-refractivity contribution is -0.139. The van der Waals surface area contributed by atoms with Crippen LogP contribution in [0.25, 0.3) is 0 Å². The minimum absolute atomic E-state index is 0.0358. The van der Waals surface area contributed by atoms with Crippen LogP contribution in [0.5, 0.6) is 0 Å². The number of hydrogen-bond donors (Lipinski definition) is 1. The number of halogens is 1. The van der Waals surface area contributed by atoms with Crippen LogP contribution < -0.4 is 0 Å². The lowest BCUT2D eigenvalue weighted by Gasteiger charge is -2.43. The molecule has 0 amide bonds. The van der Waals surface area contributed by atoms with Crippen LogP contribution in [0.3, 0.4) is 0 Å². The molecular formula is C20H23FN2O2.